The van der Waals surface area contributed by atoms with E-state index >= 15 is 0 Å². The van der Waals surface area contributed by atoms with Gasteiger partial charge in [-0.25, -0.2) is 9.18 Å². The molecule has 1 N–H and O–H groups in total. The summed E-state index contributed by atoms with van der Waals surface area (Å²) in [7, 11) is 0. The Morgan fingerprint density at radius 2 is 1.92 bits per heavy atom. The number of nitrogens with zero attached hydrogens (tertiary/aromatic N) is 1. The van der Waals surface area contributed by atoms with Crippen LogP contribution < -0.4 is 5.32 Å². The lowest BCUT2D eigenvalue weighted by Crippen LogP contribution is -2.21. The predicted octanol–water partition coefficient (Wildman–Crippen LogP) is 3.79. The number of amides is 1. The third-order valence-corrected chi connectivity index (χ3v) is 3.75. The number of esters is 1. The zero-order valence-corrected chi connectivity index (χ0v) is 14.4. The first-order valence-corrected chi connectivity index (χ1v) is 8.03. The number of fused-ring (bicyclic) bond motifs is 1. The number of rotatable bonds is 4. The lowest BCUT2D eigenvalue weighted by Gasteiger charge is -2.10. The second kappa shape index (κ2) is 7.31. The van der Waals surface area contributed by atoms with Gasteiger partial charge >= 0.3 is 5.97 Å². The smallest absolute Gasteiger partial charge is 0.339 e. The zero-order chi connectivity index (χ0) is 18.7. The summed E-state index contributed by atoms with van der Waals surface area (Å²) in [6, 6.07) is 12.7. The van der Waals surface area contributed by atoms with E-state index in [1.807, 2.05) is 25.1 Å². The maximum absolute atomic E-state index is 13.1. The normalized spacial score (nSPS) is 10.6. The third-order valence-electron chi connectivity index (χ3n) is 3.75. The summed E-state index contributed by atoms with van der Waals surface area (Å²) >= 11 is 0. The highest BCUT2D eigenvalue weighted by Gasteiger charge is 2.15. The van der Waals surface area contributed by atoms with Crippen LogP contribution >= 0.6 is 0 Å². The van der Waals surface area contributed by atoms with E-state index in [1.54, 1.807) is 19.1 Å². The number of hydrogen-bond acceptors (Lipinski definition) is 4. The lowest BCUT2D eigenvalue weighted by molar-refractivity contribution is -0.119. The van der Waals surface area contributed by atoms with E-state index in [9.17, 15) is 14.0 Å². The van der Waals surface area contributed by atoms with Crippen LogP contribution in [0.25, 0.3) is 10.9 Å². The van der Waals surface area contributed by atoms with Crippen molar-refractivity contribution < 1.29 is 18.7 Å². The fraction of sp³-hybridized carbons (Fsp3) is 0.150. The molecule has 1 heterocycles. The molecule has 5 nitrogen and oxygen atoms in total. The predicted molar refractivity (Wildman–Crippen MR) is 96.5 cm³/mol. The van der Waals surface area contributed by atoms with Crippen molar-refractivity contribution in [2.45, 2.75) is 13.8 Å². The Labute approximate surface area is 149 Å². The number of carbonyl (C=O) groups excluding carboxylic acids is 2. The number of carbonyl (C=O) groups is 2. The fourth-order valence-electron chi connectivity index (χ4n) is 2.61. The van der Waals surface area contributed by atoms with E-state index in [-0.39, 0.29) is 0 Å². The summed E-state index contributed by atoms with van der Waals surface area (Å²) in [4.78, 5) is 28.8. The first-order chi connectivity index (χ1) is 12.4. The van der Waals surface area contributed by atoms with E-state index in [4.69, 9.17) is 4.74 Å². The summed E-state index contributed by atoms with van der Waals surface area (Å²) in [5, 5.41) is 3.15. The van der Waals surface area contributed by atoms with E-state index in [2.05, 4.69) is 10.3 Å². The zero-order valence-electron chi connectivity index (χ0n) is 14.4. The van der Waals surface area contributed by atoms with Crippen LogP contribution in [-0.4, -0.2) is 23.5 Å². The molecular weight excluding hydrogens is 335 g/mol. The van der Waals surface area contributed by atoms with Gasteiger partial charge in [-0.2, -0.15) is 0 Å². The lowest BCUT2D eigenvalue weighted by atomic mass is 10.1. The van der Waals surface area contributed by atoms with Gasteiger partial charge in [0.05, 0.1) is 11.1 Å². The second-order valence-electron chi connectivity index (χ2n) is 5.97. The van der Waals surface area contributed by atoms with Crippen LogP contribution in [0.4, 0.5) is 10.1 Å². The van der Waals surface area contributed by atoms with Gasteiger partial charge < -0.3 is 10.1 Å². The number of hydrogen-bond donors (Lipinski definition) is 1. The topological polar surface area (TPSA) is 68.3 Å². The number of benzene rings is 2. The van der Waals surface area contributed by atoms with Crippen LogP contribution in [0.5, 0.6) is 0 Å². The minimum atomic E-state index is -0.611. The van der Waals surface area contributed by atoms with E-state index < -0.39 is 24.3 Å². The maximum atomic E-state index is 13.1. The van der Waals surface area contributed by atoms with Crippen molar-refractivity contribution in [3.63, 3.8) is 0 Å². The van der Waals surface area contributed by atoms with E-state index in [0.29, 0.717) is 27.8 Å². The number of anilines is 1. The summed E-state index contributed by atoms with van der Waals surface area (Å²) in [6.07, 6.45) is 0. The maximum Gasteiger partial charge on any atom is 0.339 e. The molecule has 0 bridgehead atoms. The molecule has 0 unspecified atom stereocenters. The molecule has 0 saturated carbocycles. The third kappa shape index (κ3) is 4.03. The number of aryl methyl sites for hydroxylation is 2. The van der Waals surface area contributed by atoms with Crippen molar-refractivity contribution in [2.24, 2.45) is 0 Å². The van der Waals surface area contributed by atoms with Crippen LogP contribution in [0.2, 0.25) is 0 Å². The highest BCUT2D eigenvalue weighted by molar-refractivity contribution is 6.04. The Morgan fingerprint density at radius 1 is 1.12 bits per heavy atom. The van der Waals surface area contributed by atoms with E-state index in [0.717, 1.165) is 5.56 Å². The van der Waals surface area contributed by atoms with Crippen molar-refractivity contribution in [3.05, 3.63) is 71.2 Å². The minimum absolute atomic E-state index is 0.298. The molecule has 3 aromatic rings. The molecule has 26 heavy (non-hydrogen) atoms. The summed E-state index contributed by atoms with van der Waals surface area (Å²) in [6.45, 7) is 3.23. The highest BCUT2D eigenvalue weighted by atomic mass is 19.1. The van der Waals surface area contributed by atoms with Gasteiger partial charge in [-0.3, -0.25) is 9.78 Å². The van der Waals surface area contributed by atoms with Gasteiger partial charge in [0.1, 0.15) is 5.82 Å². The molecule has 6 heteroatoms. The largest absolute Gasteiger partial charge is 0.452 e. The van der Waals surface area contributed by atoms with Gasteiger partial charge in [0.2, 0.25) is 0 Å². The Kier molecular flexibility index (Phi) is 4.93. The van der Waals surface area contributed by atoms with Crippen LogP contribution in [-0.2, 0) is 9.53 Å². The standard InChI is InChI=1S/C20H17FN2O3/c1-12-6-7-18-16(8-12)17(9-13(2)22-18)20(25)26-11-19(24)23-15-5-3-4-14(21)10-15/h3-10H,11H2,1-2H3,(H,23,24). The van der Waals surface area contributed by atoms with Crippen LogP contribution in [0.15, 0.2) is 48.5 Å². The van der Waals surface area contributed by atoms with Crippen LogP contribution in [0.1, 0.15) is 21.6 Å². The number of ether oxygens (including phenoxy) is 1. The monoisotopic (exact) mass is 352 g/mol. The van der Waals surface area contributed by atoms with Gasteiger partial charge in [-0.1, -0.05) is 17.7 Å². The molecule has 0 radical (unpaired) electrons. The molecule has 132 valence electrons. The first-order valence-electron chi connectivity index (χ1n) is 8.03. The number of nitrogens with one attached hydrogen (secondary N) is 1. The Balaban J connectivity index is 1.73. The second-order valence-corrected chi connectivity index (χ2v) is 5.97. The Hall–Kier alpha value is -3.28. The SMILES string of the molecule is Cc1ccc2nc(C)cc(C(=O)OCC(=O)Nc3cccc(F)c3)c2c1. The highest BCUT2D eigenvalue weighted by Crippen LogP contribution is 2.21. The molecular formula is C20H17FN2O3. The molecule has 0 aliphatic heterocycles. The van der Waals surface area contributed by atoms with Crippen LogP contribution in [0, 0.1) is 19.7 Å². The van der Waals surface area contributed by atoms with Crippen molar-refractivity contribution in [1.82, 2.24) is 4.98 Å². The van der Waals surface area contributed by atoms with Gasteiger partial charge in [0.15, 0.2) is 6.61 Å². The molecule has 0 atom stereocenters. The van der Waals surface area contributed by atoms with Gasteiger partial charge in [-0.05, 0) is 50.2 Å². The molecule has 0 aliphatic carbocycles. The van der Waals surface area contributed by atoms with Gasteiger partial charge in [0.25, 0.3) is 5.91 Å². The molecule has 0 aliphatic rings. The molecule has 1 amide bonds. The molecule has 2 aromatic carbocycles. The quantitative estimate of drug-likeness (QED) is 0.726. The Bertz CT molecular complexity index is 1000. The number of pyridine rings is 1. The summed E-state index contributed by atoms with van der Waals surface area (Å²) in [5.41, 5.74) is 3.01. The number of aromatic nitrogens is 1. The van der Waals surface area contributed by atoms with Crippen LogP contribution in [0.3, 0.4) is 0 Å². The first kappa shape index (κ1) is 17.5. The van der Waals surface area contributed by atoms with Crippen molar-refractivity contribution >= 4 is 28.5 Å². The Morgan fingerprint density at radius 3 is 2.69 bits per heavy atom. The number of halogens is 1. The van der Waals surface area contributed by atoms with Gasteiger partial charge in [-0.15, -0.1) is 0 Å². The minimum Gasteiger partial charge on any atom is -0.452 e. The molecule has 0 saturated heterocycles. The van der Waals surface area contributed by atoms with Gasteiger partial charge in [0, 0.05) is 16.8 Å². The van der Waals surface area contributed by atoms with Crippen molar-refractivity contribution in [2.75, 3.05) is 11.9 Å². The molecule has 0 spiro atoms. The molecule has 3 rings (SSSR count). The van der Waals surface area contributed by atoms with Crippen molar-refractivity contribution in [3.8, 4) is 0 Å². The average Bonchev–Trinajstić information content (AvgIpc) is 2.59. The average molecular weight is 352 g/mol. The summed E-state index contributed by atoms with van der Waals surface area (Å²) in [5.74, 6) is -1.62. The molecule has 0 fully saturated rings. The molecule has 1 aromatic heterocycles. The van der Waals surface area contributed by atoms with E-state index in [1.165, 1.54) is 18.2 Å². The van der Waals surface area contributed by atoms with Crippen molar-refractivity contribution in [1.29, 1.82) is 0 Å². The fourth-order valence-corrected chi connectivity index (χ4v) is 2.61. The summed E-state index contributed by atoms with van der Waals surface area (Å²) < 4.78 is 18.3.